The van der Waals surface area contributed by atoms with E-state index in [0.717, 1.165) is 18.7 Å². The van der Waals surface area contributed by atoms with Crippen LogP contribution < -0.4 is 10.6 Å². The molecule has 0 fully saturated rings. The van der Waals surface area contributed by atoms with Crippen LogP contribution in [-0.4, -0.2) is 40.0 Å². The van der Waals surface area contributed by atoms with Crippen LogP contribution in [0.2, 0.25) is 5.02 Å². The fourth-order valence-electron chi connectivity index (χ4n) is 3.04. The Morgan fingerprint density at radius 1 is 1.33 bits per heavy atom. The van der Waals surface area contributed by atoms with E-state index < -0.39 is 6.10 Å². The molecule has 2 unspecified atom stereocenters. The zero-order valence-corrected chi connectivity index (χ0v) is 17.5. The van der Waals surface area contributed by atoms with E-state index in [1.807, 2.05) is 43.8 Å². The van der Waals surface area contributed by atoms with Crippen molar-refractivity contribution in [3.8, 4) is 0 Å². The maximum absolute atomic E-state index is 10.4. The van der Waals surface area contributed by atoms with E-state index in [4.69, 9.17) is 11.6 Å². The Bertz CT molecular complexity index is 787. The van der Waals surface area contributed by atoms with Crippen LogP contribution in [0.25, 0.3) is 0 Å². The van der Waals surface area contributed by atoms with E-state index in [2.05, 4.69) is 34.6 Å². The molecule has 0 spiro atoms. The van der Waals surface area contributed by atoms with Gasteiger partial charge in [-0.1, -0.05) is 29.8 Å². The quantitative estimate of drug-likeness (QED) is 0.501. The number of aliphatic hydroxyl groups is 1. The maximum Gasteiger partial charge on any atom is 0.191 e. The molecule has 0 saturated heterocycles. The van der Waals surface area contributed by atoms with Gasteiger partial charge in [-0.25, -0.2) is 0 Å². The number of halogens is 1. The largest absolute Gasteiger partial charge is 0.386 e. The molecule has 1 aromatic carbocycles. The second-order valence-electron chi connectivity index (χ2n) is 6.78. The van der Waals surface area contributed by atoms with Crippen molar-refractivity contribution in [2.24, 2.45) is 12.0 Å². The number of nitrogens with one attached hydrogen (secondary N) is 2. The highest BCUT2D eigenvalue weighted by Crippen LogP contribution is 2.22. The van der Waals surface area contributed by atoms with Gasteiger partial charge in [-0.05, 0) is 45.7 Å². The average Bonchev–Trinajstić information content (AvgIpc) is 2.86. The van der Waals surface area contributed by atoms with Crippen molar-refractivity contribution in [3.63, 3.8) is 0 Å². The van der Waals surface area contributed by atoms with Gasteiger partial charge in [0.05, 0.1) is 12.2 Å². The Morgan fingerprint density at radius 3 is 2.63 bits per heavy atom. The molecule has 2 atom stereocenters. The molecule has 1 heterocycles. The standard InChI is InChI=1S/C20H30ClN5O/c1-6-22-20(23-12-19(27)16-9-7-8-10-18(16)21)24-13(2)11-17-14(3)25-26(5)15(17)4/h7-10,13,19,27H,6,11-12H2,1-5H3,(H2,22,23,24). The molecule has 0 saturated carbocycles. The summed E-state index contributed by atoms with van der Waals surface area (Å²) >= 11 is 6.15. The second kappa shape index (κ2) is 9.76. The third-order valence-electron chi connectivity index (χ3n) is 4.58. The molecule has 0 aliphatic rings. The molecule has 0 amide bonds. The van der Waals surface area contributed by atoms with Gasteiger partial charge < -0.3 is 15.7 Å². The average molecular weight is 392 g/mol. The van der Waals surface area contributed by atoms with E-state index in [1.165, 1.54) is 11.3 Å². The molecule has 7 heteroatoms. The van der Waals surface area contributed by atoms with Crippen LogP contribution in [-0.2, 0) is 13.5 Å². The highest BCUT2D eigenvalue weighted by atomic mass is 35.5. The molecule has 6 nitrogen and oxygen atoms in total. The minimum Gasteiger partial charge on any atom is -0.386 e. The summed E-state index contributed by atoms with van der Waals surface area (Å²) in [6.45, 7) is 9.23. The summed E-state index contributed by atoms with van der Waals surface area (Å²) in [5.74, 6) is 0.676. The number of hydrogen-bond donors (Lipinski definition) is 3. The Labute approximate surface area is 166 Å². The van der Waals surface area contributed by atoms with Crippen molar-refractivity contribution >= 4 is 17.6 Å². The van der Waals surface area contributed by atoms with Crippen molar-refractivity contribution in [2.75, 3.05) is 13.1 Å². The SMILES string of the molecule is CCNC(=NCC(O)c1ccccc1Cl)NC(C)Cc1c(C)nn(C)c1C. The van der Waals surface area contributed by atoms with E-state index in [0.29, 0.717) is 16.5 Å². The predicted molar refractivity (Wildman–Crippen MR) is 111 cm³/mol. The normalized spacial score (nSPS) is 14.1. The van der Waals surface area contributed by atoms with Gasteiger partial charge in [-0.2, -0.15) is 5.10 Å². The minimum absolute atomic E-state index is 0.168. The number of aryl methyl sites for hydroxylation is 2. The lowest BCUT2D eigenvalue weighted by molar-refractivity contribution is 0.187. The number of benzene rings is 1. The maximum atomic E-state index is 10.4. The summed E-state index contributed by atoms with van der Waals surface area (Å²) in [5.41, 5.74) is 4.18. The Morgan fingerprint density at radius 2 is 2.04 bits per heavy atom. The summed E-state index contributed by atoms with van der Waals surface area (Å²) in [4.78, 5) is 4.53. The summed E-state index contributed by atoms with van der Waals surface area (Å²) in [5, 5.41) is 22.1. The zero-order valence-electron chi connectivity index (χ0n) is 16.8. The van der Waals surface area contributed by atoms with Gasteiger partial charge in [0.25, 0.3) is 0 Å². The van der Waals surface area contributed by atoms with Crippen LogP contribution in [0.4, 0.5) is 0 Å². The first-order chi connectivity index (χ1) is 12.8. The van der Waals surface area contributed by atoms with E-state index in [9.17, 15) is 5.11 Å². The molecule has 27 heavy (non-hydrogen) atoms. The van der Waals surface area contributed by atoms with Crippen molar-refractivity contribution < 1.29 is 5.11 Å². The number of aromatic nitrogens is 2. The summed E-state index contributed by atoms with van der Waals surface area (Å²) in [6, 6.07) is 7.46. The fourth-order valence-corrected chi connectivity index (χ4v) is 3.31. The van der Waals surface area contributed by atoms with Gasteiger partial charge in [0.2, 0.25) is 0 Å². The van der Waals surface area contributed by atoms with Crippen LogP contribution in [0.3, 0.4) is 0 Å². The van der Waals surface area contributed by atoms with Gasteiger partial charge in [-0.15, -0.1) is 0 Å². The third-order valence-corrected chi connectivity index (χ3v) is 4.93. The van der Waals surface area contributed by atoms with Crippen molar-refractivity contribution in [2.45, 2.75) is 46.3 Å². The van der Waals surface area contributed by atoms with Crippen LogP contribution in [0.1, 0.15) is 42.5 Å². The topological polar surface area (TPSA) is 74.5 Å². The molecule has 3 N–H and O–H groups in total. The van der Waals surface area contributed by atoms with E-state index in [1.54, 1.807) is 6.07 Å². The van der Waals surface area contributed by atoms with Crippen molar-refractivity contribution in [1.82, 2.24) is 20.4 Å². The van der Waals surface area contributed by atoms with Crippen LogP contribution >= 0.6 is 11.6 Å². The van der Waals surface area contributed by atoms with Gasteiger partial charge in [0, 0.05) is 35.9 Å². The van der Waals surface area contributed by atoms with Gasteiger partial charge in [0.15, 0.2) is 5.96 Å². The highest BCUT2D eigenvalue weighted by Gasteiger charge is 2.15. The fraction of sp³-hybridized carbons (Fsp3) is 0.500. The van der Waals surface area contributed by atoms with Crippen LogP contribution in [0.5, 0.6) is 0 Å². The predicted octanol–water partition coefficient (Wildman–Crippen LogP) is 2.91. The lowest BCUT2D eigenvalue weighted by atomic mass is 10.1. The molecule has 0 radical (unpaired) electrons. The molecule has 148 valence electrons. The lowest BCUT2D eigenvalue weighted by Crippen LogP contribution is -2.43. The molecule has 2 aromatic rings. The van der Waals surface area contributed by atoms with Crippen LogP contribution in [0.15, 0.2) is 29.3 Å². The summed E-state index contributed by atoms with van der Waals surface area (Å²) in [6.07, 6.45) is 0.107. The number of rotatable bonds is 7. The Balaban J connectivity index is 2.03. The monoisotopic (exact) mass is 391 g/mol. The first kappa shape index (κ1) is 21.3. The van der Waals surface area contributed by atoms with Gasteiger partial charge >= 0.3 is 0 Å². The van der Waals surface area contributed by atoms with E-state index >= 15 is 0 Å². The smallest absolute Gasteiger partial charge is 0.191 e. The second-order valence-corrected chi connectivity index (χ2v) is 7.19. The lowest BCUT2D eigenvalue weighted by Gasteiger charge is -2.19. The molecule has 2 rings (SSSR count). The number of hydrogen-bond acceptors (Lipinski definition) is 3. The first-order valence-electron chi connectivity index (χ1n) is 9.29. The molecule has 0 aliphatic carbocycles. The number of nitrogens with zero attached hydrogens (tertiary/aromatic N) is 3. The third kappa shape index (κ3) is 5.71. The number of guanidine groups is 1. The molecule has 0 bridgehead atoms. The van der Waals surface area contributed by atoms with Crippen molar-refractivity contribution in [3.05, 3.63) is 51.8 Å². The first-order valence-corrected chi connectivity index (χ1v) is 9.67. The Kier molecular flexibility index (Phi) is 7.68. The number of aliphatic imine (C=N–C) groups is 1. The molecule has 0 aliphatic heterocycles. The zero-order chi connectivity index (χ0) is 20.0. The minimum atomic E-state index is -0.743. The van der Waals surface area contributed by atoms with Crippen LogP contribution in [0, 0.1) is 13.8 Å². The number of aliphatic hydroxyl groups excluding tert-OH is 1. The van der Waals surface area contributed by atoms with E-state index in [-0.39, 0.29) is 12.6 Å². The molecule has 1 aromatic heterocycles. The van der Waals surface area contributed by atoms with Gasteiger partial charge in [-0.3, -0.25) is 9.67 Å². The van der Waals surface area contributed by atoms with Crippen molar-refractivity contribution in [1.29, 1.82) is 0 Å². The summed E-state index contributed by atoms with van der Waals surface area (Å²) in [7, 11) is 1.96. The highest BCUT2D eigenvalue weighted by molar-refractivity contribution is 6.31. The Hall–Kier alpha value is -2.05. The molecular weight excluding hydrogens is 362 g/mol. The summed E-state index contributed by atoms with van der Waals surface area (Å²) < 4.78 is 1.91. The molecular formula is C20H30ClN5O. The van der Waals surface area contributed by atoms with Gasteiger partial charge in [0.1, 0.15) is 6.10 Å².